The summed E-state index contributed by atoms with van der Waals surface area (Å²) in [5.74, 6) is -2.19. The number of carbonyl (C=O) groups excluding carboxylic acids is 2. The predicted octanol–water partition coefficient (Wildman–Crippen LogP) is 12.6. The predicted molar refractivity (Wildman–Crippen MR) is 210 cm³/mol. The maximum absolute atomic E-state index is 13.6. The van der Waals surface area contributed by atoms with Crippen LogP contribution in [-0.2, 0) is 36.5 Å². The van der Waals surface area contributed by atoms with Crippen molar-refractivity contribution in [2.45, 2.75) is 58.4 Å². The number of carboxylic acid groups (broad SMARTS) is 1. The quantitative estimate of drug-likeness (QED) is 0.0917. The number of Topliss-reactive ketones (excluding diaryl/α,β-unsaturated/α-hetero) is 2. The molecular weight excluding hydrogens is 833 g/mol. The van der Waals surface area contributed by atoms with Crippen LogP contribution in [0.2, 0.25) is 0 Å². The van der Waals surface area contributed by atoms with Gasteiger partial charge in [0.1, 0.15) is 30.5 Å². The maximum atomic E-state index is 13.6. The van der Waals surface area contributed by atoms with Crippen LogP contribution >= 0.6 is 0 Å². The minimum Gasteiger partial charge on any atom is -0.488 e. The second kappa shape index (κ2) is 19.3. The van der Waals surface area contributed by atoms with Crippen molar-refractivity contribution in [1.82, 2.24) is 4.57 Å². The molecule has 1 N–H and O–H groups in total. The van der Waals surface area contributed by atoms with Crippen molar-refractivity contribution >= 4 is 17.5 Å². The van der Waals surface area contributed by atoms with E-state index in [1.165, 1.54) is 23.6 Å². The Morgan fingerprint density at radius 3 is 1.61 bits per heavy atom. The van der Waals surface area contributed by atoms with Gasteiger partial charge in [-0.15, -0.1) is 0 Å². The molecule has 0 aliphatic carbocycles. The van der Waals surface area contributed by atoms with Crippen molar-refractivity contribution in [3.05, 3.63) is 172 Å². The smallest absolute Gasteiger partial charge is 0.416 e. The maximum Gasteiger partial charge on any atom is 0.416 e. The summed E-state index contributed by atoms with van der Waals surface area (Å²) in [6.07, 6.45) is -14.3. The Hall–Kier alpha value is -6.84. The Labute approximate surface area is 349 Å². The minimum absolute atomic E-state index is 0.0202. The number of aryl methyl sites for hydroxylation is 1. The van der Waals surface area contributed by atoms with Crippen LogP contribution in [0.1, 0.15) is 74.0 Å². The lowest BCUT2D eigenvalue weighted by atomic mass is 10.0. The van der Waals surface area contributed by atoms with E-state index in [9.17, 15) is 59.0 Å². The highest BCUT2D eigenvalue weighted by Crippen LogP contribution is 2.40. The van der Waals surface area contributed by atoms with Crippen molar-refractivity contribution < 1.29 is 68.5 Å². The molecule has 0 aliphatic rings. The number of nitrogens with zero attached hydrogens (tertiary/aromatic N) is 1. The largest absolute Gasteiger partial charge is 0.488 e. The summed E-state index contributed by atoms with van der Waals surface area (Å²) >= 11 is 0. The highest BCUT2D eigenvalue weighted by atomic mass is 19.4. The lowest BCUT2D eigenvalue weighted by Crippen LogP contribution is -2.11. The molecule has 6 aromatic rings. The van der Waals surface area contributed by atoms with E-state index in [0.717, 1.165) is 59.7 Å². The normalized spacial score (nSPS) is 11.7. The van der Waals surface area contributed by atoms with Crippen molar-refractivity contribution in [3.63, 3.8) is 0 Å². The van der Waals surface area contributed by atoms with Gasteiger partial charge in [0.15, 0.2) is 5.78 Å². The molecule has 0 saturated carbocycles. The molecule has 62 heavy (non-hydrogen) atoms. The molecular formula is C46H36F9NO6. The summed E-state index contributed by atoms with van der Waals surface area (Å²) in [4.78, 5) is 34.8. The second-order valence-electron chi connectivity index (χ2n) is 13.9. The third kappa shape index (κ3) is 12.1. The number of rotatable bonds is 13. The number of ether oxygens (including phenoxy) is 2. The van der Waals surface area contributed by atoms with Crippen LogP contribution in [0.4, 0.5) is 39.5 Å². The average Bonchev–Trinajstić information content (AvgIpc) is 3.61. The highest BCUT2D eigenvalue weighted by Gasteiger charge is 2.34. The third-order valence-electron chi connectivity index (χ3n) is 9.19. The number of halogens is 9. The number of alkyl halides is 9. The molecule has 1 aromatic heterocycles. The first kappa shape index (κ1) is 46.2. The van der Waals surface area contributed by atoms with Crippen LogP contribution in [-0.4, -0.2) is 27.2 Å². The fraction of sp³-hybridized carbons (Fsp3) is 0.196. The van der Waals surface area contributed by atoms with Gasteiger partial charge in [0.05, 0.1) is 33.5 Å². The van der Waals surface area contributed by atoms with Gasteiger partial charge in [0.2, 0.25) is 0 Å². The van der Waals surface area contributed by atoms with E-state index in [-0.39, 0.29) is 65.8 Å². The van der Waals surface area contributed by atoms with Crippen molar-refractivity contribution in [2.24, 2.45) is 0 Å². The zero-order valence-corrected chi connectivity index (χ0v) is 32.8. The molecule has 0 aliphatic heterocycles. The molecule has 0 radical (unpaired) electrons. The zero-order valence-electron chi connectivity index (χ0n) is 32.8. The van der Waals surface area contributed by atoms with Crippen LogP contribution in [0, 0.1) is 6.92 Å². The third-order valence-corrected chi connectivity index (χ3v) is 9.19. The lowest BCUT2D eigenvalue weighted by Gasteiger charge is -2.19. The molecule has 324 valence electrons. The number of hydrogen-bond donors (Lipinski definition) is 1. The van der Waals surface area contributed by atoms with Crippen molar-refractivity contribution in [3.8, 4) is 28.4 Å². The van der Waals surface area contributed by atoms with E-state index in [0.29, 0.717) is 11.8 Å². The molecule has 7 nitrogen and oxygen atoms in total. The second-order valence-corrected chi connectivity index (χ2v) is 13.9. The molecule has 0 atom stereocenters. The summed E-state index contributed by atoms with van der Waals surface area (Å²) in [6, 6.07) is 28.9. The Morgan fingerprint density at radius 2 is 1.10 bits per heavy atom. The first-order chi connectivity index (χ1) is 29.1. The molecule has 5 aromatic carbocycles. The van der Waals surface area contributed by atoms with E-state index < -0.39 is 52.5 Å². The van der Waals surface area contributed by atoms with E-state index in [1.807, 2.05) is 18.2 Å². The zero-order chi connectivity index (χ0) is 45.4. The summed E-state index contributed by atoms with van der Waals surface area (Å²) in [7, 11) is 0. The Balaban J connectivity index is 0.000000253. The number of aromatic carboxylic acids is 1. The number of benzene rings is 5. The van der Waals surface area contributed by atoms with Gasteiger partial charge in [-0.05, 0) is 91.7 Å². The molecule has 0 saturated heterocycles. The number of carbonyl (C=O) groups is 3. The first-order valence-electron chi connectivity index (χ1n) is 18.5. The number of hydrogen-bond acceptors (Lipinski definition) is 5. The van der Waals surface area contributed by atoms with E-state index in [1.54, 1.807) is 49.4 Å². The molecule has 0 bridgehead atoms. The van der Waals surface area contributed by atoms with Crippen LogP contribution in [0.5, 0.6) is 11.5 Å². The molecule has 6 rings (SSSR count). The average molecular weight is 870 g/mol. The molecule has 16 heteroatoms. The molecule has 0 spiro atoms. The van der Waals surface area contributed by atoms with E-state index >= 15 is 0 Å². The standard InChI is InChI=1S/C27H19F6NO3.C19H17F3O3/c1-16-7-9-23(34(16)21-12-18(25(35)36)11-20(13-21)27(31,32)33)22-14-19(26(28,29)30)8-10-24(22)37-15-17-5-3-2-4-6-17;1-13(23)7-9-17(24)16-11-15(19(20,21)22)8-10-18(16)25-12-14-5-3-2-4-6-14/h2-14H,15H2,1H3,(H,35,36);2-6,8,10-11H,7,9,12H2,1H3. The number of carboxylic acids is 1. The van der Waals surface area contributed by atoms with Gasteiger partial charge in [-0.2, -0.15) is 39.5 Å². The Kier molecular flexibility index (Phi) is 14.4. The van der Waals surface area contributed by atoms with Gasteiger partial charge in [-0.25, -0.2) is 4.79 Å². The summed E-state index contributed by atoms with van der Waals surface area (Å²) in [5.41, 5.74) is -2.02. The van der Waals surface area contributed by atoms with E-state index in [2.05, 4.69) is 0 Å². The monoisotopic (exact) mass is 869 g/mol. The fourth-order valence-corrected chi connectivity index (χ4v) is 6.10. The molecule has 0 amide bonds. The highest BCUT2D eigenvalue weighted by molar-refractivity contribution is 6.00. The number of ketones is 2. The van der Waals surface area contributed by atoms with Gasteiger partial charge >= 0.3 is 24.5 Å². The number of aromatic nitrogens is 1. The van der Waals surface area contributed by atoms with Gasteiger partial charge in [0.25, 0.3) is 0 Å². The van der Waals surface area contributed by atoms with Gasteiger partial charge in [-0.3, -0.25) is 4.79 Å². The molecule has 0 unspecified atom stereocenters. The fourth-order valence-electron chi connectivity index (χ4n) is 6.10. The Morgan fingerprint density at radius 1 is 0.581 bits per heavy atom. The first-order valence-corrected chi connectivity index (χ1v) is 18.5. The van der Waals surface area contributed by atoms with Gasteiger partial charge in [0, 0.05) is 29.8 Å². The summed E-state index contributed by atoms with van der Waals surface area (Å²) in [6.45, 7) is 3.03. The molecule has 1 heterocycles. The topological polar surface area (TPSA) is 94.8 Å². The van der Waals surface area contributed by atoms with Crippen LogP contribution in [0.3, 0.4) is 0 Å². The minimum atomic E-state index is -4.85. The van der Waals surface area contributed by atoms with Crippen LogP contribution in [0.25, 0.3) is 16.9 Å². The van der Waals surface area contributed by atoms with Gasteiger partial charge < -0.3 is 23.9 Å². The SMILES string of the molecule is CC(=O)CCC(=O)c1cc(C(F)(F)F)ccc1OCc1ccccc1.Cc1ccc(-c2cc(C(F)(F)F)ccc2OCc2ccccc2)n1-c1cc(C(=O)O)cc(C(F)(F)F)c1. The summed E-state index contributed by atoms with van der Waals surface area (Å²) in [5, 5.41) is 9.38. The van der Waals surface area contributed by atoms with Crippen molar-refractivity contribution in [1.29, 1.82) is 0 Å². The molecule has 0 fully saturated rings. The van der Waals surface area contributed by atoms with E-state index in [4.69, 9.17) is 9.47 Å². The van der Waals surface area contributed by atoms with Gasteiger partial charge in [-0.1, -0.05) is 60.7 Å². The van der Waals surface area contributed by atoms with Crippen molar-refractivity contribution in [2.75, 3.05) is 0 Å². The van der Waals surface area contributed by atoms with Crippen LogP contribution in [0.15, 0.2) is 127 Å². The Bertz CT molecular complexity index is 2530. The van der Waals surface area contributed by atoms with Crippen LogP contribution < -0.4 is 9.47 Å². The summed E-state index contributed by atoms with van der Waals surface area (Å²) < 4.78 is 133. The lowest BCUT2D eigenvalue weighted by molar-refractivity contribution is -0.138.